The zero-order valence-electron chi connectivity index (χ0n) is 10.3. The average Bonchev–Trinajstić information content (AvgIpc) is 2.27. The van der Waals surface area contributed by atoms with E-state index >= 15 is 0 Å². The van der Waals surface area contributed by atoms with E-state index in [-0.39, 0.29) is 24.1 Å². The van der Waals surface area contributed by atoms with Crippen LogP contribution in [-0.2, 0) is 0 Å². The summed E-state index contributed by atoms with van der Waals surface area (Å²) in [5.41, 5.74) is 0.367. The molecule has 94 valence electrons. The third-order valence-electron chi connectivity index (χ3n) is 2.90. The first-order valence-corrected chi connectivity index (χ1v) is 5.57. The van der Waals surface area contributed by atoms with Crippen molar-refractivity contribution in [3.63, 3.8) is 0 Å². The standard InChI is InChI=1S/C12H18N2O3/c1-7-4-5-13-11(16)10(7)12(17)14-9(3)8(2)6-15/h4-5,8-9,15H,6H2,1-3H3,(H,13,16)(H,14,17). The summed E-state index contributed by atoms with van der Waals surface area (Å²) in [6.07, 6.45) is 1.51. The van der Waals surface area contributed by atoms with E-state index in [4.69, 9.17) is 5.11 Å². The number of aliphatic hydroxyl groups is 1. The number of carbonyl (C=O) groups is 1. The molecule has 0 radical (unpaired) electrons. The Bertz CT molecular complexity index is 453. The molecule has 5 nitrogen and oxygen atoms in total. The monoisotopic (exact) mass is 238 g/mol. The number of aromatic amines is 1. The summed E-state index contributed by atoms with van der Waals surface area (Å²) < 4.78 is 0. The van der Waals surface area contributed by atoms with E-state index < -0.39 is 11.5 Å². The summed E-state index contributed by atoms with van der Waals surface area (Å²) in [7, 11) is 0. The molecule has 0 aliphatic rings. The van der Waals surface area contributed by atoms with Crippen molar-refractivity contribution in [2.24, 2.45) is 5.92 Å². The largest absolute Gasteiger partial charge is 0.396 e. The van der Waals surface area contributed by atoms with Crippen LogP contribution in [0.1, 0.15) is 29.8 Å². The van der Waals surface area contributed by atoms with Crippen LogP contribution in [0.25, 0.3) is 0 Å². The lowest BCUT2D eigenvalue weighted by atomic mass is 10.0. The molecule has 0 saturated carbocycles. The number of H-pyrrole nitrogens is 1. The Labute approximate surface area is 99.9 Å². The predicted molar refractivity (Wildman–Crippen MR) is 65.0 cm³/mol. The molecule has 0 aliphatic heterocycles. The summed E-state index contributed by atoms with van der Waals surface area (Å²) in [4.78, 5) is 25.9. The third kappa shape index (κ3) is 3.17. The topological polar surface area (TPSA) is 82.2 Å². The molecule has 3 N–H and O–H groups in total. The van der Waals surface area contributed by atoms with Crippen LogP contribution in [0.3, 0.4) is 0 Å². The number of aliphatic hydroxyl groups excluding tert-OH is 1. The Hall–Kier alpha value is -1.62. The maximum absolute atomic E-state index is 11.9. The SMILES string of the molecule is Cc1cc[nH]c(=O)c1C(=O)NC(C)C(C)CO. The third-order valence-corrected chi connectivity index (χ3v) is 2.90. The fourth-order valence-electron chi connectivity index (χ4n) is 1.44. The summed E-state index contributed by atoms with van der Waals surface area (Å²) in [6.45, 7) is 5.33. The van der Waals surface area contributed by atoms with Crippen molar-refractivity contribution in [2.75, 3.05) is 6.61 Å². The second kappa shape index (κ2) is 5.63. The summed E-state index contributed by atoms with van der Waals surface area (Å²) in [6, 6.07) is 1.49. The van der Waals surface area contributed by atoms with Crippen molar-refractivity contribution < 1.29 is 9.90 Å². The summed E-state index contributed by atoms with van der Waals surface area (Å²) in [5.74, 6) is -0.459. The average molecular weight is 238 g/mol. The Kier molecular flexibility index (Phi) is 4.45. The molecule has 2 unspecified atom stereocenters. The predicted octanol–water partition coefficient (Wildman–Crippen LogP) is 0.430. The lowest BCUT2D eigenvalue weighted by molar-refractivity contribution is 0.0914. The van der Waals surface area contributed by atoms with Crippen LogP contribution in [0, 0.1) is 12.8 Å². The van der Waals surface area contributed by atoms with Crippen LogP contribution < -0.4 is 10.9 Å². The Morgan fingerprint density at radius 3 is 2.71 bits per heavy atom. The minimum absolute atomic E-state index is 0.00836. The van der Waals surface area contributed by atoms with Crippen molar-refractivity contribution in [2.45, 2.75) is 26.8 Å². The van der Waals surface area contributed by atoms with E-state index in [9.17, 15) is 9.59 Å². The van der Waals surface area contributed by atoms with Crippen molar-refractivity contribution in [1.82, 2.24) is 10.3 Å². The first-order valence-electron chi connectivity index (χ1n) is 5.57. The van der Waals surface area contributed by atoms with E-state index in [1.807, 2.05) is 6.92 Å². The highest BCUT2D eigenvalue weighted by Crippen LogP contribution is 2.04. The van der Waals surface area contributed by atoms with Crippen molar-refractivity contribution in [3.8, 4) is 0 Å². The smallest absolute Gasteiger partial charge is 0.261 e. The van der Waals surface area contributed by atoms with Crippen LogP contribution in [-0.4, -0.2) is 28.6 Å². The first kappa shape index (κ1) is 13.4. The normalized spacial score (nSPS) is 14.1. The van der Waals surface area contributed by atoms with Gasteiger partial charge in [-0.15, -0.1) is 0 Å². The van der Waals surface area contributed by atoms with E-state index in [1.165, 1.54) is 6.20 Å². The zero-order valence-corrected chi connectivity index (χ0v) is 10.3. The molecular weight excluding hydrogens is 220 g/mol. The van der Waals surface area contributed by atoms with Crippen LogP contribution >= 0.6 is 0 Å². The Morgan fingerprint density at radius 1 is 1.53 bits per heavy atom. The van der Waals surface area contributed by atoms with Gasteiger partial charge in [0.25, 0.3) is 11.5 Å². The second-order valence-electron chi connectivity index (χ2n) is 4.29. The van der Waals surface area contributed by atoms with Crippen molar-refractivity contribution >= 4 is 5.91 Å². The molecule has 0 aliphatic carbocycles. The number of amides is 1. The molecular formula is C12H18N2O3. The number of aromatic nitrogens is 1. The molecule has 17 heavy (non-hydrogen) atoms. The Morgan fingerprint density at radius 2 is 2.18 bits per heavy atom. The fraction of sp³-hybridized carbons (Fsp3) is 0.500. The number of carbonyl (C=O) groups excluding carboxylic acids is 1. The maximum Gasteiger partial charge on any atom is 0.261 e. The van der Waals surface area contributed by atoms with Gasteiger partial charge in [-0.3, -0.25) is 9.59 Å². The van der Waals surface area contributed by atoms with Gasteiger partial charge in [0.1, 0.15) is 5.56 Å². The van der Waals surface area contributed by atoms with E-state index in [0.29, 0.717) is 5.56 Å². The van der Waals surface area contributed by atoms with Crippen LogP contribution in [0.15, 0.2) is 17.1 Å². The quantitative estimate of drug-likeness (QED) is 0.711. The lowest BCUT2D eigenvalue weighted by Gasteiger charge is -2.19. The van der Waals surface area contributed by atoms with Gasteiger partial charge in [-0.2, -0.15) is 0 Å². The minimum atomic E-state index is -0.405. The molecule has 0 spiro atoms. The van der Waals surface area contributed by atoms with E-state index in [2.05, 4.69) is 10.3 Å². The Balaban J connectivity index is 2.88. The van der Waals surface area contributed by atoms with Gasteiger partial charge in [0, 0.05) is 18.8 Å². The maximum atomic E-state index is 11.9. The minimum Gasteiger partial charge on any atom is -0.396 e. The molecule has 1 aromatic rings. The molecule has 1 aromatic heterocycles. The van der Waals surface area contributed by atoms with Crippen LogP contribution in [0.2, 0.25) is 0 Å². The second-order valence-corrected chi connectivity index (χ2v) is 4.29. The fourth-order valence-corrected chi connectivity index (χ4v) is 1.44. The number of rotatable bonds is 4. The zero-order chi connectivity index (χ0) is 13.0. The highest BCUT2D eigenvalue weighted by Gasteiger charge is 2.18. The van der Waals surface area contributed by atoms with Gasteiger partial charge in [-0.05, 0) is 31.4 Å². The summed E-state index contributed by atoms with van der Waals surface area (Å²) in [5, 5.41) is 11.7. The van der Waals surface area contributed by atoms with Crippen molar-refractivity contribution in [1.29, 1.82) is 0 Å². The van der Waals surface area contributed by atoms with Crippen LogP contribution in [0.5, 0.6) is 0 Å². The van der Waals surface area contributed by atoms with E-state index in [1.54, 1.807) is 19.9 Å². The number of pyridine rings is 1. The van der Waals surface area contributed by atoms with E-state index in [0.717, 1.165) is 0 Å². The molecule has 1 rings (SSSR count). The molecule has 1 amide bonds. The molecule has 0 aromatic carbocycles. The number of nitrogens with one attached hydrogen (secondary N) is 2. The van der Waals surface area contributed by atoms with Crippen molar-refractivity contribution in [3.05, 3.63) is 33.7 Å². The van der Waals surface area contributed by atoms with Gasteiger partial charge < -0.3 is 15.4 Å². The van der Waals surface area contributed by atoms with Gasteiger partial charge in [-0.1, -0.05) is 6.92 Å². The molecule has 1 heterocycles. The van der Waals surface area contributed by atoms with Gasteiger partial charge in [0.05, 0.1) is 0 Å². The molecule has 5 heteroatoms. The molecule has 0 saturated heterocycles. The van der Waals surface area contributed by atoms with Crippen LogP contribution in [0.4, 0.5) is 0 Å². The number of hydrogen-bond donors (Lipinski definition) is 3. The lowest BCUT2D eigenvalue weighted by Crippen LogP contribution is -2.40. The highest BCUT2D eigenvalue weighted by molar-refractivity contribution is 5.95. The van der Waals surface area contributed by atoms with Gasteiger partial charge >= 0.3 is 0 Å². The van der Waals surface area contributed by atoms with Gasteiger partial charge in [0.2, 0.25) is 0 Å². The van der Waals surface area contributed by atoms with Gasteiger partial charge in [0.15, 0.2) is 0 Å². The van der Waals surface area contributed by atoms with Gasteiger partial charge in [-0.25, -0.2) is 0 Å². The summed E-state index contributed by atoms with van der Waals surface area (Å²) >= 11 is 0. The molecule has 0 bridgehead atoms. The first-order chi connectivity index (χ1) is 7.97. The molecule has 2 atom stereocenters. The molecule has 0 fully saturated rings. The number of aryl methyl sites for hydroxylation is 1. The number of hydrogen-bond acceptors (Lipinski definition) is 3. The highest BCUT2D eigenvalue weighted by atomic mass is 16.3.